The van der Waals surface area contributed by atoms with Gasteiger partial charge in [-0.15, -0.1) is 15.3 Å². The van der Waals surface area contributed by atoms with Crippen LogP contribution in [0.25, 0.3) is 5.65 Å². The van der Waals surface area contributed by atoms with Gasteiger partial charge in [-0.25, -0.2) is 0 Å². The van der Waals surface area contributed by atoms with Gasteiger partial charge in [-0.1, -0.05) is 12.8 Å². The summed E-state index contributed by atoms with van der Waals surface area (Å²) in [6.07, 6.45) is 4.28. The summed E-state index contributed by atoms with van der Waals surface area (Å²) in [5.74, 6) is 0.992. The quantitative estimate of drug-likeness (QED) is 0.820. The molecule has 0 atom stereocenters. The number of hydrogen-bond acceptors (Lipinski definition) is 5. The molecule has 2 aromatic rings. The molecule has 9 heteroatoms. The lowest BCUT2D eigenvalue weighted by atomic mass is 10.2. The van der Waals surface area contributed by atoms with Crippen molar-refractivity contribution in [3.8, 4) is 0 Å². The molecule has 0 radical (unpaired) electrons. The molecule has 8 nitrogen and oxygen atoms in total. The Balaban J connectivity index is 1.94. The summed E-state index contributed by atoms with van der Waals surface area (Å²) in [6.45, 7) is 1.91. The highest BCUT2D eigenvalue weighted by molar-refractivity contribution is 7.50. The molecule has 0 amide bonds. The molecular weight excluding hydrogens is 293 g/mol. The van der Waals surface area contributed by atoms with E-state index in [2.05, 4.69) is 20.2 Å². The monoisotopic (exact) mass is 311 g/mol. The van der Waals surface area contributed by atoms with Crippen LogP contribution in [0.3, 0.4) is 0 Å². The molecule has 2 N–H and O–H groups in total. The lowest BCUT2D eigenvalue weighted by Gasteiger charge is -2.21. The Morgan fingerprint density at radius 1 is 1.10 bits per heavy atom. The van der Waals surface area contributed by atoms with Gasteiger partial charge in [-0.05, 0) is 25.0 Å². The molecule has 0 saturated carbocycles. The maximum Gasteiger partial charge on any atom is 0.333 e. The number of fused-ring (bicyclic) bond motifs is 1. The van der Waals surface area contributed by atoms with E-state index in [0.717, 1.165) is 31.7 Å². The predicted octanol–water partition coefficient (Wildman–Crippen LogP) is 1.18. The van der Waals surface area contributed by atoms with E-state index >= 15 is 0 Å². The van der Waals surface area contributed by atoms with Crippen molar-refractivity contribution in [3.05, 3.63) is 18.0 Å². The highest BCUT2D eigenvalue weighted by atomic mass is 31.2. The van der Waals surface area contributed by atoms with E-state index in [1.54, 1.807) is 6.07 Å². The van der Waals surface area contributed by atoms with Crippen LogP contribution >= 0.6 is 7.60 Å². The molecule has 1 saturated heterocycles. The van der Waals surface area contributed by atoms with Crippen molar-refractivity contribution in [2.75, 3.05) is 18.0 Å². The minimum Gasteiger partial charge on any atom is -0.355 e. The van der Waals surface area contributed by atoms with Crippen LogP contribution in [0.1, 0.15) is 31.5 Å². The van der Waals surface area contributed by atoms with Crippen molar-refractivity contribution >= 4 is 19.1 Å². The SMILES string of the molecule is O=P(O)(O)Cc1nnc2ccc(N3CCCCCC3)nn12. The van der Waals surface area contributed by atoms with Gasteiger partial charge >= 0.3 is 7.60 Å². The van der Waals surface area contributed by atoms with Gasteiger partial charge in [0.1, 0.15) is 12.0 Å². The first-order chi connectivity index (χ1) is 10.0. The maximum atomic E-state index is 11.1. The molecule has 1 aliphatic rings. The Labute approximate surface area is 122 Å². The number of anilines is 1. The number of nitrogens with zero attached hydrogens (tertiary/aromatic N) is 5. The topological polar surface area (TPSA) is 104 Å². The van der Waals surface area contributed by atoms with Gasteiger partial charge in [0, 0.05) is 13.1 Å². The first-order valence-electron chi connectivity index (χ1n) is 7.04. The van der Waals surface area contributed by atoms with Crippen LogP contribution < -0.4 is 4.90 Å². The fourth-order valence-electron chi connectivity index (χ4n) is 2.57. The van der Waals surface area contributed by atoms with Crippen molar-refractivity contribution in [1.82, 2.24) is 19.8 Å². The summed E-state index contributed by atoms with van der Waals surface area (Å²) in [7, 11) is -4.19. The summed E-state index contributed by atoms with van der Waals surface area (Å²) in [5, 5.41) is 12.2. The highest BCUT2D eigenvalue weighted by Gasteiger charge is 2.20. The zero-order chi connectivity index (χ0) is 14.9. The van der Waals surface area contributed by atoms with Gasteiger partial charge in [0.2, 0.25) is 0 Å². The summed E-state index contributed by atoms with van der Waals surface area (Å²) < 4.78 is 12.6. The minimum absolute atomic E-state index is 0.190. The normalized spacial score (nSPS) is 17.1. The smallest absolute Gasteiger partial charge is 0.333 e. The largest absolute Gasteiger partial charge is 0.355 e. The molecule has 2 aromatic heterocycles. The van der Waals surface area contributed by atoms with Gasteiger partial charge in [0.15, 0.2) is 11.5 Å². The molecule has 3 heterocycles. The summed E-state index contributed by atoms with van der Waals surface area (Å²) in [6, 6.07) is 3.67. The third-order valence-corrected chi connectivity index (χ3v) is 4.29. The van der Waals surface area contributed by atoms with Crippen molar-refractivity contribution < 1.29 is 14.4 Å². The van der Waals surface area contributed by atoms with Crippen LogP contribution in [0.4, 0.5) is 5.82 Å². The van der Waals surface area contributed by atoms with Crippen molar-refractivity contribution in [3.63, 3.8) is 0 Å². The van der Waals surface area contributed by atoms with Crippen LogP contribution in [-0.2, 0) is 10.7 Å². The Kier molecular flexibility index (Phi) is 3.93. The summed E-state index contributed by atoms with van der Waals surface area (Å²) in [5.41, 5.74) is 0.497. The third-order valence-electron chi connectivity index (χ3n) is 3.59. The van der Waals surface area contributed by atoms with Crippen LogP contribution in [0.2, 0.25) is 0 Å². The molecule has 3 rings (SSSR count). The Hall–Kier alpha value is -1.50. The molecule has 1 aliphatic heterocycles. The van der Waals surface area contributed by atoms with Gasteiger partial charge in [-0.2, -0.15) is 4.52 Å². The van der Waals surface area contributed by atoms with Gasteiger partial charge in [0.05, 0.1) is 0 Å². The van der Waals surface area contributed by atoms with E-state index in [1.807, 2.05) is 6.07 Å². The molecule has 21 heavy (non-hydrogen) atoms. The Morgan fingerprint density at radius 2 is 1.81 bits per heavy atom. The standard InChI is InChI=1S/C12H18N5O3P/c18-21(19,20)9-12-14-13-10-5-6-11(15-17(10)12)16-7-3-1-2-4-8-16/h5-6H,1-4,7-9H2,(H2,18,19,20). The molecule has 0 aliphatic carbocycles. The molecule has 1 fully saturated rings. The van der Waals surface area contributed by atoms with Gasteiger partial charge in [-0.3, -0.25) is 4.57 Å². The van der Waals surface area contributed by atoms with E-state index in [4.69, 9.17) is 9.79 Å². The fraction of sp³-hybridized carbons (Fsp3) is 0.583. The summed E-state index contributed by atoms with van der Waals surface area (Å²) >= 11 is 0. The zero-order valence-corrected chi connectivity index (χ0v) is 12.5. The first kappa shape index (κ1) is 14.4. The Bertz CT molecular complexity index is 675. The fourth-order valence-corrected chi connectivity index (χ4v) is 3.14. The second-order valence-corrected chi connectivity index (χ2v) is 6.95. The molecule has 0 unspecified atom stereocenters. The van der Waals surface area contributed by atoms with Gasteiger partial charge < -0.3 is 14.7 Å². The van der Waals surface area contributed by atoms with Gasteiger partial charge in [0.25, 0.3) is 0 Å². The van der Waals surface area contributed by atoms with Crippen LogP contribution in [0.5, 0.6) is 0 Å². The average molecular weight is 311 g/mol. The minimum atomic E-state index is -4.19. The van der Waals surface area contributed by atoms with Crippen molar-refractivity contribution in [1.29, 1.82) is 0 Å². The Morgan fingerprint density at radius 3 is 2.48 bits per heavy atom. The van der Waals surface area contributed by atoms with E-state index in [1.165, 1.54) is 17.4 Å². The molecule has 0 bridgehead atoms. The van der Waals surface area contributed by atoms with E-state index < -0.39 is 13.8 Å². The average Bonchev–Trinajstić information content (AvgIpc) is 2.65. The lowest BCUT2D eigenvalue weighted by Crippen LogP contribution is -2.25. The van der Waals surface area contributed by atoms with E-state index in [0.29, 0.717) is 5.65 Å². The number of rotatable bonds is 3. The number of hydrogen-bond donors (Lipinski definition) is 2. The highest BCUT2D eigenvalue weighted by Crippen LogP contribution is 2.38. The summed E-state index contributed by atoms with van der Waals surface area (Å²) in [4.78, 5) is 20.4. The van der Waals surface area contributed by atoms with Crippen molar-refractivity contribution in [2.24, 2.45) is 0 Å². The van der Waals surface area contributed by atoms with E-state index in [-0.39, 0.29) is 5.82 Å². The molecule has 0 aromatic carbocycles. The maximum absolute atomic E-state index is 11.1. The molecular formula is C12H18N5O3P. The van der Waals surface area contributed by atoms with Crippen molar-refractivity contribution in [2.45, 2.75) is 31.8 Å². The second-order valence-electron chi connectivity index (χ2n) is 5.30. The first-order valence-corrected chi connectivity index (χ1v) is 8.83. The van der Waals surface area contributed by atoms with Crippen LogP contribution in [-0.4, -0.2) is 42.7 Å². The zero-order valence-electron chi connectivity index (χ0n) is 11.6. The second kappa shape index (κ2) is 5.71. The third kappa shape index (κ3) is 3.40. The van der Waals surface area contributed by atoms with E-state index in [9.17, 15) is 4.57 Å². The molecule has 0 spiro atoms. The lowest BCUT2D eigenvalue weighted by molar-refractivity contribution is 0.370. The predicted molar refractivity (Wildman–Crippen MR) is 77.2 cm³/mol. The van der Waals surface area contributed by atoms with Crippen LogP contribution in [0, 0.1) is 0 Å². The molecule has 114 valence electrons. The van der Waals surface area contributed by atoms with Crippen LogP contribution in [0.15, 0.2) is 12.1 Å². The number of aromatic nitrogens is 4.